The van der Waals surface area contributed by atoms with Gasteiger partial charge in [0, 0.05) is 44.5 Å². The molecule has 0 radical (unpaired) electrons. The standard InChI is InChI=1S/C13H21N3O/c14-11-13(17)5-9-16(10-6-13)8-4-12-3-1-2-7-15-12/h1-3,7,17H,4-6,8-11,14H2. The molecule has 1 saturated heterocycles. The summed E-state index contributed by atoms with van der Waals surface area (Å²) in [5.41, 5.74) is 6.08. The molecule has 1 aliphatic rings. The van der Waals surface area contributed by atoms with Crippen LogP contribution in [0.25, 0.3) is 0 Å². The molecular formula is C13H21N3O. The van der Waals surface area contributed by atoms with E-state index in [9.17, 15) is 5.11 Å². The van der Waals surface area contributed by atoms with Gasteiger partial charge in [-0.05, 0) is 25.0 Å². The van der Waals surface area contributed by atoms with Crippen molar-refractivity contribution in [2.24, 2.45) is 5.73 Å². The molecule has 0 amide bonds. The molecule has 0 atom stereocenters. The number of pyridine rings is 1. The van der Waals surface area contributed by atoms with Gasteiger partial charge in [0.1, 0.15) is 0 Å². The first kappa shape index (κ1) is 12.5. The Morgan fingerprint density at radius 3 is 2.71 bits per heavy atom. The summed E-state index contributed by atoms with van der Waals surface area (Å²) in [6.45, 7) is 3.25. The quantitative estimate of drug-likeness (QED) is 0.793. The number of nitrogens with two attached hydrogens (primary N) is 1. The van der Waals surface area contributed by atoms with E-state index in [2.05, 4.69) is 16.0 Å². The van der Waals surface area contributed by atoms with Gasteiger partial charge in [0.2, 0.25) is 0 Å². The lowest BCUT2D eigenvalue weighted by Crippen LogP contribution is -2.49. The van der Waals surface area contributed by atoms with Gasteiger partial charge in [-0.2, -0.15) is 0 Å². The van der Waals surface area contributed by atoms with Crippen molar-refractivity contribution in [3.63, 3.8) is 0 Å². The second kappa shape index (κ2) is 5.58. The van der Waals surface area contributed by atoms with Crippen molar-refractivity contribution in [1.29, 1.82) is 0 Å². The minimum Gasteiger partial charge on any atom is -0.388 e. The van der Waals surface area contributed by atoms with Gasteiger partial charge in [-0.25, -0.2) is 0 Å². The van der Waals surface area contributed by atoms with Crippen molar-refractivity contribution in [2.75, 3.05) is 26.2 Å². The highest BCUT2D eigenvalue weighted by molar-refractivity contribution is 5.04. The first-order valence-corrected chi connectivity index (χ1v) is 6.27. The number of hydrogen-bond donors (Lipinski definition) is 2. The summed E-state index contributed by atoms with van der Waals surface area (Å²) < 4.78 is 0. The Morgan fingerprint density at radius 2 is 2.12 bits per heavy atom. The fraction of sp³-hybridized carbons (Fsp3) is 0.615. The van der Waals surface area contributed by atoms with Gasteiger partial charge < -0.3 is 15.7 Å². The van der Waals surface area contributed by atoms with Gasteiger partial charge >= 0.3 is 0 Å². The molecular weight excluding hydrogens is 214 g/mol. The van der Waals surface area contributed by atoms with Crippen molar-refractivity contribution in [2.45, 2.75) is 24.9 Å². The van der Waals surface area contributed by atoms with Crippen LogP contribution in [-0.4, -0.2) is 46.8 Å². The molecule has 0 spiro atoms. The van der Waals surface area contributed by atoms with Gasteiger partial charge in [0.05, 0.1) is 5.60 Å². The lowest BCUT2D eigenvalue weighted by atomic mass is 9.91. The molecule has 1 aromatic rings. The van der Waals surface area contributed by atoms with E-state index in [-0.39, 0.29) is 0 Å². The highest BCUT2D eigenvalue weighted by atomic mass is 16.3. The third-order valence-electron chi connectivity index (χ3n) is 3.58. The monoisotopic (exact) mass is 235 g/mol. The number of piperidine rings is 1. The molecule has 3 N–H and O–H groups in total. The summed E-state index contributed by atoms with van der Waals surface area (Å²) in [4.78, 5) is 6.69. The highest BCUT2D eigenvalue weighted by Gasteiger charge is 2.30. The molecule has 4 nitrogen and oxygen atoms in total. The van der Waals surface area contributed by atoms with Crippen molar-refractivity contribution in [1.82, 2.24) is 9.88 Å². The number of nitrogens with zero attached hydrogens (tertiary/aromatic N) is 2. The number of aliphatic hydroxyl groups is 1. The maximum atomic E-state index is 10.0. The normalized spacial score (nSPS) is 20.4. The summed E-state index contributed by atoms with van der Waals surface area (Å²) >= 11 is 0. The van der Waals surface area contributed by atoms with Crippen LogP contribution >= 0.6 is 0 Å². The number of rotatable bonds is 4. The van der Waals surface area contributed by atoms with E-state index < -0.39 is 5.60 Å². The summed E-state index contributed by atoms with van der Waals surface area (Å²) in [6, 6.07) is 6.01. The molecule has 1 fully saturated rings. The zero-order valence-electron chi connectivity index (χ0n) is 10.2. The smallest absolute Gasteiger partial charge is 0.0793 e. The SMILES string of the molecule is NCC1(O)CCN(CCc2ccccn2)CC1. The predicted molar refractivity (Wildman–Crippen MR) is 67.6 cm³/mol. The molecule has 0 bridgehead atoms. The predicted octanol–water partition coefficient (Wildman–Crippen LogP) is 0.410. The Bertz CT molecular complexity index is 334. The number of aromatic nitrogens is 1. The second-order valence-corrected chi connectivity index (χ2v) is 4.84. The Kier molecular flexibility index (Phi) is 4.10. The van der Waals surface area contributed by atoms with E-state index in [4.69, 9.17) is 5.73 Å². The van der Waals surface area contributed by atoms with E-state index in [1.165, 1.54) is 0 Å². The largest absolute Gasteiger partial charge is 0.388 e. The van der Waals surface area contributed by atoms with Crippen LogP contribution in [0, 0.1) is 0 Å². The van der Waals surface area contributed by atoms with Crippen LogP contribution in [0.4, 0.5) is 0 Å². The summed E-state index contributed by atoms with van der Waals surface area (Å²) in [5.74, 6) is 0. The fourth-order valence-corrected chi connectivity index (χ4v) is 2.22. The van der Waals surface area contributed by atoms with Crippen molar-refractivity contribution in [3.05, 3.63) is 30.1 Å². The summed E-state index contributed by atoms with van der Waals surface area (Å²) in [5, 5.41) is 10.0. The topological polar surface area (TPSA) is 62.4 Å². The molecule has 17 heavy (non-hydrogen) atoms. The van der Waals surface area contributed by atoms with Crippen LogP contribution < -0.4 is 5.73 Å². The molecule has 2 heterocycles. The van der Waals surface area contributed by atoms with E-state index in [1.54, 1.807) is 0 Å². The Labute approximate surface area is 102 Å². The van der Waals surface area contributed by atoms with Crippen LogP contribution in [0.1, 0.15) is 18.5 Å². The van der Waals surface area contributed by atoms with Crippen LogP contribution in [0.3, 0.4) is 0 Å². The van der Waals surface area contributed by atoms with E-state index in [1.807, 2.05) is 18.3 Å². The molecule has 94 valence electrons. The zero-order chi connectivity index (χ0) is 12.1. The van der Waals surface area contributed by atoms with E-state index >= 15 is 0 Å². The molecule has 0 saturated carbocycles. The molecule has 1 aliphatic heterocycles. The van der Waals surface area contributed by atoms with Crippen LogP contribution in [0.5, 0.6) is 0 Å². The Morgan fingerprint density at radius 1 is 1.35 bits per heavy atom. The minimum atomic E-state index is -0.624. The fourth-order valence-electron chi connectivity index (χ4n) is 2.22. The molecule has 0 unspecified atom stereocenters. The first-order valence-electron chi connectivity index (χ1n) is 6.27. The van der Waals surface area contributed by atoms with Gasteiger partial charge in [0.15, 0.2) is 0 Å². The maximum Gasteiger partial charge on any atom is 0.0793 e. The Balaban J connectivity index is 1.75. The van der Waals surface area contributed by atoms with Crippen LogP contribution in [-0.2, 0) is 6.42 Å². The molecule has 0 aliphatic carbocycles. The van der Waals surface area contributed by atoms with Crippen LogP contribution in [0.2, 0.25) is 0 Å². The summed E-state index contributed by atoms with van der Waals surface area (Å²) in [6.07, 6.45) is 4.37. The van der Waals surface area contributed by atoms with E-state index in [0.717, 1.165) is 44.6 Å². The maximum absolute atomic E-state index is 10.0. The molecule has 1 aromatic heterocycles. The lowest BCUT2D eigenvalue weighted by molar-refractivity contribution is -0.0131. The minimum absolute atomic E-state index is 0.376. The van der Waals surface area contributed by atoms with Gasteiger partial charge in [-0.1, -0.05) is 6.07 Å². The van der Waals surface area contributed by atoms with E-state index in [0.29, 0.717) is 6.54 Å². The number of hydrogen-bond acceptors (Lipinski definition) is 4. The van der Waals surface area contributed by atoms with Gasteiger partial charge in [-0.3, -0.25) is 4.98 Å². The zero-order valence-corrected chi connectivity index (χ0v) is 10.2. The van der Waals surface area contributed by atoms with Gasteiger partial charge in [0.25, 0.3) is 0 Å². The summed E-state index contributed by atoms with van der Waals surface area (Å²) in [7, 11) is 0. The first-order chi connectivity index (χ1) is 8.22. The molecule has 0 aromatic carbocycles. The molecule has 4 heteroatoms. The van der Waals surface area contributed by atoms with Gasteiger partial charge in [-0.15, -0.1) is 0 Å². The highest BCUT2D eigenvalue weighted by Crippen LogP contribution is 2.20. The Hall–Kier alpha value is -0.970. The average Bonchev–Trinajstić information content (AvgIpc) is 2.39. The molecule has 2 rings (SSSR count). The number of likely N-dealkylation sites (tertiary alicyclic amines) is 1. The van der Waals surface area contributed by atoms with Crippen LogP contribution in [0.15, 0.2) is 24.4 Å². The average molecular weight is 235 g/mol. The second-order valence-electron chi connectivity index (χ2n) is 4.84. The third kappa shape index (κ3) is 3.49. The third-order valence-corrected chi connectivity index (χ3v) is 3.58. The lowest BCUT2D eigenvalue weighted by Gasteiger charge is -2.37. The van der Waals surface area contributed by atoms with Crippen molar-refractivity contribution < 1.29 is 5.11 Å². The van der Waals surface area contributed by atoms with Crippen molar-refractivity contribution >= 4 is 0 Å². The van der Waals surface area contributed by atoms with Crippen molar-refractivity contribution in [3.8, 4) is 0 Å².